The van der Waals surface area contributed by atoms with E-state index in [2.05, 4.69) is 27.7 Å². The zero-order chi connectivity index (χ0) is 9.61. The van der Waals surface area contributed by atoms with Crippen LogP contribution < -0.4 is 0 Å². The molecule has 0 rings (SSSR count). The molecule has 0 aromatic heterocycles. The minimum atomic E-state index is -1.80. The van der Waals surface area contributed by atoms with E-state index in [1.807, 2.05) is 0 Å². The molecule has 0 heterocycles. The van der Waals surface area contributed by atoms with Crippen molar-refractivity contribution in [1.29, 1.82) is 0 Å². The third-order valence-electron chi connectivity index (χ3n) is 2.38. The summed E-state index contributed by atoms with van der Waals surface area (Å²) in [5.74, 6) is 0.647. The monoisotopic (exact) mass is 208 g/mol. The zero-order valence-electron chi connectivity index (χ0n) is 8.69. The minimum absolute atomic E-state index is 0.647. The Morgan fingerprint density at radius 2 is 1.75 bits per heavy atom. The van der Waals surface area contributed by atoms with Crippen molar-refractivity contribution >= 4 is 18.7 Å². The lowest BCUT2D eigenvalue weighted by atomic mass is 10.1. The SMILES string of the molecule is CCC(C)CO[Si](Cl)(CC)CC. The fourth-order valence-corrected chi connectivity index (χ4v) is 2.54. The molecule has 0 aliphatic heterocycles. The maximum Gasteiger partial charge on any atom is 0.289 e. The summed E-state index contributed by atoms with van der Waals surface area (Å²) in [6, 6.07) is 2.03. The summed E-state index contributed by atoms with van der Waals surface area (Å²) in [5.41, 5.74) is 0. The summed E-state index contributed by atoms with van der Waals surface area (Å²) < 4.78 is 5.78. The molecule has 12 heavy (non-hydrogen) atoms. The molecule has 1 atom stereocenters. The average Bonchev–Trinajstić information content (AvgIpc) is 2.13. The molecule has 0 amide bonds. The molecule has 0 fully saturated rings. The molecule has 0 aromatic rings. The second-order valence-electron chi connectivity index (χ2n) is 3.41. The van der Waals surface area contributed by atoms with Gasteiger partial charge in [0.15, 0.2) is 0 Å². The largest absolute Gasteiger partial charge is 0.403 e. The van der Waals surface area contributed by atoms with Gasteiger partial charge in [0.1, 0.15) is 0 Å². The lowest BCUT2D eigenvalue weighted by molar-refractivity contribution is 0.252. The van der Waals surface area contributed by atoms with Crippen LogP contribution in [0.3, 0.4) is 0 Å². The Hall–Kier alpha value is 0.467. The van der Waals surface area contributed by atoms with Gasteiger partial charge in [-0.2, -0.15) is 0 Å². The second-order valence-corrected chi connectivity index (χ2v) is 8.95. The first kappa shape index (κ1) is 12.5. The van der Waals surface area contributed by atoms with Gasteiger partial charge < -0.3 is 4.43 Å². The maximum absolute atomic E-state index is 6.33. The Balaban J connectivity index is 3.72. The summed E-state index contributed by atoms with van der Waals surface area (Å²) in [5, 5.41) is 0. The summed E-state index contributed by atoms with van der Waals surface area (Å²) in [6.07, 6.45) is 1.18. The van der Waals surface area contributed by atoms with E-state index in [4.69, 9.17) is 15.5 Å². The number of rotatable bonds is 6. The van der Waals surface area contributed by atoms with E-state index >= 15 is 0 Å². The highest BCUT2D eigenvalue weighted by Crippen LogP contribution is 2.22. The van der Waals surface area contributed by atoms with Crippen LogP contribution in [-0.4, -0.2) is 14.2 Å². The van der Waals surface area contributed by atoms with E-state index in [0.717, 1.165) is 18.7 Å². The lowest BCUT2D eigenvalue weighted by Crippen LogP contribution is -2.31. The molecule has 0 saturated carbocycles. The quantitative estimate of drug-likeness (QED) is 0.477. The third-order valence-corrected chi connectivity index (χ3v) is 7.11. The van der Waals surface area contributed by atoms with Crippen molar-refractivity contribution in [3.8, 4) is 0 Å². The first-order valence-electron chi connectivity index (χ1n) is 4.90. The molecule has 0 bridgehead atoms. The van der Waals surface area contributed by atoms with E-state index < -0.39 is 7.63 Å². The molecule has 0 saturated heterocycles. The second kappa shape index (κ2) is 6.00. The first-order chi connectivity index (χ1) is 5.58. The molecular formula is C9H21ClOSi. The van der Waals surface area contributed by atoms with Crippen LogP contribution in [-0.2, 0) is 4.43 Å². The Morgan fingerprint density at radius 1 is 1.25 bits per heavy atom. The molecule has 1 unspecified atom stereocenters. The van der Waals surface area contributed by atoms with Crippen LogP contribution in [0.5, 0.6) is 0 Å². The predicted molar refractivity (Wildman–Crippen MR) is 58.0 cm³/mol. The molecule has 0 spiro atoms. The van der Waals surface area contributed by atoms with Gasteiger partial charge in [0.25, 0.3) is 7.63 Å². The van der Waals surface area contributed by atoms with Crippen LogP contribution in [0.1, 0.15) is 34.1 Å². The van der Waals surface area contributed by atoms with Crippen molar-refractivity contribution < 1.29 is 4.43 Å². The first-order valence-corrected chi connectivity index (χ1v) is 8.24. The molecule has 0 aliphatic rings. The number of hydrogen-bond donors (Lipinski definition) is 0. The van der Waals surface area contributed by atoms with Crippen molar-refractivity contribution in [2.45, 2.75) is 46.2 Å². The van der Waals surface area contributed by atoms with E-state index in [0.29, 0.717) is 5.92 Å². The Kier molecular flexibility index (Phi) is 6.24. The van der Waals surface area contributed by atoms with Gasteiger partial charge >= 0.3 is 0 Å². The van der Waals surface area contributed by atoms with E-state index in [9.17, 15) is 0 Å². The van der Waals surface area contributed by atoms with Crippen LogP contribution in [0.4, 0.5) is 0 Å². The lowest BCUT2D eigenvalue weighted by Gasteiger charge is -2.23. The van der Waals surface area contributed by atoms with Crippen LogP contribution in [0.15, 0.2) is 0 Å². The van der Waals surface area contributed by atoms with Gasteiger partial charge in [0.05, 0.1) is 0 Å². The molecule has 1 nitrogen and oxygen atoms in total. The van der Waals surface area contributed by atoms with Crippen LogP contribution in [0.25, 0.3) is 0 Å². The van der Waals surface area contributed by atoms with Gasteiger partial charge in [-0.1, -0.05) is 34.1 Å². The topological polar surface area (TPSA) is 9.23 Å². The fraction of sp³-hybridized carbons (Fsp3) is 1.00. The normalized spacial score (nSPS) is 14.8. The van der Waals surface area contributed by atoms with Gasteiger partial charge in [0, 0.05) is 6.61 Å². The van der Waals surface area contributed by atoms with E-state index in [1.54, 1.807) is 0 Å². The van der Waals surface area contributed by atoms with E-state index in [-0.39, 0.29) is 0 Å². The predicted octanol–water partition coefficient (Wildman–Crippen LogP) is 3.77. The highest BCUT2D eigenvalue weighted by Gasteiger charge is 2.28. The van der Waals surface area contributed by atoms with Gasteiger partial charge in [0.2, 0.25) is 0 Å². The molecule has 74 valence electrons. The number of hydrogen-bond acceptors (Lipinski definition) is 1. The highest BCUT2D eigenvalue weighted by molar-refractivity contribution is 7.16. The van der Waals surface area contributed by atoms with Gasteiger partial charge in [-0.3, -0.25) is 0 Å². The average molecular weight is 209 g/mol. The summed E-state index contributed by atoms with van der Waals surface area (Å²) >= 11 is 6.33. The minimum Gasteiger partial charge on any atom is -0.403 e. The Labute approximate surface area is 82.3 Å². The fourth-order valence-electron chi connectivity index (χ4n) is 0.864. The molecule has 0 N–H and O–H groups in total. The molecule has 0 aromatic carbocycles. The molecule has 3 heteroatoms. The summed E-state index contributed by atoms with van der Waals surface area (Å²) in [4.78, 5) is 0. The molecule has 0 aliphatic carbocycles. The van der Waals surface area contributed by atoms with E-state index in [1.165, 1.54) is 6.42 Å². The smallest absolute Gasteiger partial charge is 0.289 e. The highest BCUT2D eigenvalue weighted by atomic mass is 35.6. The molecular weight excluding hydrogens is 188 g/mol. The summed E-state index contributed by atoms with van der Waals surface area (Å²) in [6.45, 7) is 9.48. The van der Waals surface area contributed by atoms with Crippen molar-refractivity contribution in [3.05, 3.63) is 0 Å². The van der Waals surface area contributed by atoms with Gasteiger partial charge in [-0.15, -0.1) is 11.1 Å². The van der Waals surface area contributed by atoms with Crippen molar-refractivity contribution in [2.24, 2.45) is 5.92 Å². The van der Waals surface area contributed by atoms with Crippen LogP contribution in [0.2, 0.25) is 12.1 Å². The zero-order valence-corrected chi connectivity index (χ0v) is 10.4. The van der Waals surface area contributed by atoms with Crippen LogP contribution in [0, 0.1) is 5.92 Å². The van der Waals surface area contributed by atoms with Crippen LogP contribution >= 0.6 is 11.1 Å². The van der Waals surface area contributed by atoms with Gasteiger partial charge in [-0.25, -0.2) is 0 Å². The molecule has 0 radical (unpaired) electrons. The maximum atomic E-state index is 6.33. The third kappa shape index (κ3) is 4.48. The summed E-state index contributed by atoms with van der Waals surface area (Å²) in [7, 11) is -1.80. The van der Waals surface area contributed by atoms with Crippen molar-refractivity contribution in [1.82, 2.24) is 0 Å². The van der Waals surface area contributed by atoms with Crippen molar-refractivity contribution in [2.75, 3.05) is 6.61 Å². The number of halogens is 1. The standard InChI is InChI=1S/C9H21ClOSi/c1-5-9(4)8-11-12(10,6-2)7-3/h9H,5-8H2,1-4H3. The Morgan fingerprint density at radius 3 is 2.08 bits per heavy atom. The van der Waals surface area contributed by atoms with Crippen molar-refractivity contribution in [3.63, 3.8) is 0 Å². The van der Waals surface area contributed by atoms with Gasteiger partial charge in [-0.05, 0) is 18.0 Å². The Bertz CT molecular complexity index is 115.